The fourth-order valence-corrected chi connectivity index (χ4v) is 1.49. The molecule has 92 valence electrons. The first-order valence-electron chi connectivity index (χ1n) is 4.72. The van der Waals surface area contributed by atoms with Crippen molar-refractivity contribution in [1.82, 2.24) is 9.88 Å². The first kappa shape index (κ1) is 13.4. The number of rotatable bonds is 3. The number of carbonyl (C=O) groups is 2. The minimum atomic E-state index is -1.09. The Hall–Kier alpha value is -1.63. The van der Waals surface area contributed by atoms with Gasteiger partial charge in [0, 0.05) is 13.2 Å². The lowest BCUT2D eigenvalue weighted by Crippen LogP contribution is -2.40. The summed E-state index contributed by atoms with van der Waals surface area (Å²) in [7, 11) is 1.39. The Morgan fingerprint density at radius 3 is 2.59 bits per heavy atom. The third kappa shape index (κ3) is 2.94. The molecule has 0 saturated heterocycles. The molecule has 0 aliphatic carbocycles. The molecule has 1 atom stereocenters. The molecule has 0 saturated carbocycles. The van der Waals surface area contributed by atoms with E-state index in [0.29, 0.717) is 0 Å². The number of amides is 1. The molecule has 1 unspecified atom stereocenters. The summed E-state index contributed by atoms with van der Waals surface area (Å²) >= 11 is 3.00. The Bertz CT molecular complexity index is 511. The molecule has 1 aromatic heterocycles. The van der Waals surface area contributed by atoms with Crippen LogP contribution in [0.1, 0.15) is 17.3 Å². The number of aliphatic carboxylic acids is 1. The maximum atomic E-state index is 11.9. The van der Waals surface area contributed by atoms with Gasteiger partial charge in [-0.3, -0.25) is 9.59 Å². The highest BCUT2D eigenvalue weighted by atomic mass is 79.9. The first-order chi connectivity index (χ1) is 7.84. The molecule has 0 spiro atoms. The molecule has 0 fully saturated rings. The zero-order chi connectivity index (χ0) is 13.2. The monoisotopic (exact) mass is 302 g/mol. The standard InChI is InChI=1S/C10H11BrN2O4/c1-5(10(16)17)13(2)9(15)6-3-7(11)8(14)12-4-6/h3-5H,1-2H3,(H,12,14)(H,16,17). The van der Waals surface area contributed by atoms with Crippen molar-refractivity contribution in [1.29, 1.82) is 0 Å². The second kappa shape index (κ2) is 5.13. The number of likely N-dealkylation sites (N-methyl/N-ethyl adjacent to an activating group) is 1. The number of H-pyrrole nitrogens is 1. The summed E-state index contributed by atoms with van der Waals surface area (Å²) in [6.45, 7) is 1.40. The fourth-order valence-electron chi connectivity index (χ4n) is 1.12. The van der Waals surface area contributed by atoms with Gasteiger partial charge in [-0.25, -0.2) is 4.79 Å². The number of pyridine rings is 1. The molecular weight excluding hydrogens is 292 g/mol. The van der Waals surface area contributed by atoms with E-state index in [1.165, 1.54) is 26.2 Å². The Morgan fingerprint density at radius 2 is 2.12 bits per heavy atom. The molecule has 0 aromatic carbocycles. The van der Waals surface area contributed by atoms with E-state index in [1.54, 1.807) is 0 Å². The van der Waals surface area contributed by atoms with E-state index in [2.05, 4.69) is 20.9 Å². The summed E-state index contributed by atoms with van der Waals surface area (Å²) < 4.78 is 0.222. The van der Waals surface area contributed by atoms with Crippen molar-refractivity contribution in [3.8, 4) is 0 Å². The second-order valence-electron chi connectivity index (χ2n) is 3.50. The molecule has 6 nitrogen and oxygen atoms in total. The van der Waals surface area contributed by atoms with Gasteiger partial charge < -0.3 is 15.0 Å². The van der Waals surface area contributed by atoms with Gasteiger partial charge in [0.25, 0.3) is 11.5 Å². The van der Waals surface area contributed by atoms with Gasteiger partial charge in [-0.05, 0) is 28.9 Å². The Balaban J connectivity index is 3.00. The number of hydrogen-bond acceptors (Lipinski definition) is 3. The minimum Gasteiger partial charge on any atom is -0.480 e. The van der Waals surface area contributed by atoms with Crippen LogP contribution in [0.2, 0.25) is 0 Å². The van der Waals surface area contributed by atoms with Crippen LogP contribution in [0.3, 0.4) is 0 Å². The second-order valence-corrected chi connectivity index (χ2v) is 4.35. The molecule has 1 heterocycles. The van der Waals surface area contributed by atoms with E-state index in [1.807, 2.05) is 0 Å². The van der Waals surface area contributed by atoms with Crippen LogP contribution in [0.4, 0.5) is 0 Å². The van der Waals surface area contributed by atoms with Crippen molar-refractivity contribution in [2.24, 2.45) is 0 Å². The van der Waals surface area contributed by atoms with Crippen LogP contribution in [-0.4, -0.2) is 40.0 Å². The summed E-state index contributed by atoms with van der Waals surface area (Å²) in [6, 6.07) is 0.417. The molecule has 2 N–H and O–H groups in total. The molecule has 17 heavy (non-hydrogen) atoms. The van der Waals surface area contributed by atoms with E-state index >= 15 is 0 Å². The van der Waals surface area contributed by atoms with Gasteiger partial charge in [-0.2, -0.15) is 0 Å². The van der Waals surface area contributed by atoms with Crippen LogP contribution in [0, 0.1) is 0 Å². The number of carboxylic acid groups (broad SMARTS) is 1. The van der Waals surface area contributed by atoms with Gasteiger partial charge in [0.05, 0.1) is 10.0 Å². The Labute approximate surface area is 105 Å². The molecular formula is C10H11BrN2O4. The van der Waals surface area contributed by atoms with Crippen molar-refractivity contribution in [3.05, 3.63) is 32.7 Å². The lowest BCUT2D eigenvalue weighted by molar-refractivity contribution is -0.141. The predicted octanol–water partition coefficient (Wildman–Crippen LogP) is 0.683. The topological polar surface area (TPSA) is 90.5 Å². The van der Waals surface area contributed by atoms with E-state index in [4.69, 9.17) is 5.11 Å². The predicted molar refractivity (Wildman–Crippen MR) is 64.0 cm³/mol. The van der Waals surface area contributed by atoms with Gasteiger partial charge in [-0.1, -0.05) is 0 Å². The zero-order valence-electron chi connectivity index (χ0n) is 9.23. The van der Waals surface area contributed by atoms with Crippen molar-refractivity contribution in [3.63, 3.8) is 0 Å². The fraction of sp³-hybridized carbons (Fsp3) is 0.300. The lowest BCUT2D eigenvalue weighted by atomic mass is 10.2. The molecule has 7 heteroatoms. The van der Waals surface area contributed by atoms with Gasteiger partial charge in [0.2, 0.25) is 0 Å². The minimum absolute atomic E-state index is 0.215. The number of hydrogen-bond donors (Lipinski definition) is 2. The van der Waals surface area contributed by atoms with Gasteiger partial charge in [-0.15, -0.1) is 0 Å². The average Bonchev–Trinajstić information content (AvgIpc) is 2.29. The summed E-state index contributed by atoms with van der Waals surface area (Å²) in [4.78, 5) is 37.2. The smallest absolute Gasteiger partial charge is 0.326 e. The van der Waals surface area contributed by atoms with Crippen LogP contribution in [-0.2, 0) is 4.79 Å². The van der Waals surface area contributed by atoms with Crippen LogP contribution in [0.15, 0.2) is 21.5 Å². The molecule has 1 rings (SSSR count). The first-order valence-corrected chi connectivity index (χ1v) is 5.52. The molecule has 0 radical (unpaired) electrons. The van der Waals surface area contributed by atoms with Crippen molar-refractivity contribution < 1.29 is 14.7 Å². The molecule has 0 aliphatic heterocycles. The third-order valence-corrected chi connectivity index (χ3v) is 2.95. The van der Waals surface area contributed by atoms with Crippen molar-refractivity contribution in [2.75, 3.05) is 7.05 Å². The van der Waals surface area contributed by atoms with Crippen molar-refractivity contribution >= 4 is 27.8 Å². The quantitative estimate of drug-likeness (QED) is 0.859. The van der Waals surface area contributed by atoms with E-state index in [-0.39, 0.29) is 15.6 Å². The summed E-state index contributed by atoms with van der Waals surface area (Å²) in [5.74, 6) is -1.57. The summed E-state index contributed by atoms with van der Waals surface area (Å²) in [6.07, 6.45) is 1.25. The molecule has 1 aromatic rings. The van der Waals surface area contributed by atoms with E-state index in [0.717, 1.165) is 4.90 Å². The van der Waals surface area contributed by atoms with Gasteiger partial charge >= 0.3 is 5.97 Å². The van der Waals surface area contributed by atoms with Gasteiger partial charge in [0.15, 0.2) is 0 Å². The summed E-state index contributed by atoms with van der Waals surface area (Å²) in [5, 5.41) is 8.79. The number of nitrogens with one attached hydrogen (secondary N) is 1. The van der Waals surface area contributed by atoms with Gasteiger partial charge in [0.1, 0.15) is 6.04 Å². The molecule has 1 amide bonds. The highest BCUT2D eigenvalue weighted by Crippen LogP contribution is 2.09. The van der Waals surface area contributed by atoms with Crippen LogP contribution in [0.5, 0.6) is 0 Å². The number of carboxylic acids is 1. The Morgan fingerprint density at radius 1 is 1.53 bits per heavy atom. The SMILES string of the molecule is CC(C(=O)O)N(C)C(=O)c1c[nH]c(=O)c(Br)c1. The molecule has 0 aliphatic rings. The lowest BCUT2D eigenvalue weighted by Gasteiger charge is -2.21. The van der Waals surface area contributed by atoms with Crippen LogP contribution < -0.4 is 5.56 Å². The maximum absolute atomic E-state index is 11.9. The largest absolute Gasteiger partial charge is 0.480 e. The van der Waals surface area contributed by atoms with Crippen molar-refractivity contribution in [2.45, 2.75) is 13.0 Å². The number of nitrogens with zero attached hydrogens (tertiary/aromatic N) is 1. The maximum Gasteiger partial charge on any atom is 0.326 e. The average molecular weight is 303 g/mol. The van der Waals surface area contributed by atoms with E-state index < -0.39 is 17.9 Å². The van der Waals surface area contributed by atoms with Crippen LogP contribution in [0.25, 0.3) is 0 Å². The van der Waals surface area contributed by atoms with Crippen LogP contribution >= 0.6 is 15.9 Å². The number of aromatic amines is 1. The number of carbonyl (C=O) groups excluding carboxylic acids is 1. The molecule has 0 bridgehead atoms. The summed E-state index contributed by atoms with van der Waals surface area (Å²) in [5.41, 5.74) is -0.137. The highest BCUT2D eigenvalue weighted by Gasteiger charge is 2.23. The third-order valence-electron chi connectivity index (χ3n) is 2.36. The number of aromatic nitrogens is 1. The highest BCUT2D eigenvalue weighted by molar-refractivity contribution is 9.10. The number of halogens is 1. The van der Waals surface area contributed by atoms with E-state index in [9.17, 15) is 14.4 Å². The Kier molecular flexibility index (Phi) is 4.06. The zero-order valence-corrected chi connectivity index (χ0v) is 10.8. The normalized spacial score (nSPS) is 11.9.